The van der Waals surface area contributed by atoms with Crippen LogP contribution in [-0.2, 0) is 52.2 Å². The van der Waals surface area contributed by atoms with Gasteiger partial charge in [-0.1, -0.05) is 141 Å². The fourth-order valence-corrected chi connectivity index (χ4v) is 14.1. The third-order valence-corrected chi connectivity index (χ3v) is 19.3. The van der Waals surface area contributed by atoms with Gasteiger partial charge in [-0.25, -0.2) is 4.79 Å². The van der Waals surface area contributed by atoms with Crippen molar-refractivity contribution in [2.24, 2.45) is 17.8 Å². The smallest absolute Gasteiger partial charge is 0.342 e. The van der Waals surface area contributed by atoms with Gasteiger partial charge in [0.15, 0.2) is 17.2 Å². The molecule has 478 valence electrons. The highest BCUT2D eigenvalue weighted by Crippen LogP contribution is 2.48. The van der Waals surface area contributed by atoms with E-state index < -0.39 is 71.7 Å². The maximum Gasteiger partial charge on any atom is 0.342 e. The predicted octanol–water partition coefficient (Wildman–Crippen LogP) is 13.3. The van der Waals surface area contributed by atoms with Gasteiger partial charge < -0.3 is 63.1 Å². The van der Waals surface area contributed by atoms with E-state index in [1.165, 1.54) is 83.8 Å². The number of carbonyl (C=O) groups is 2. The summed E-state index contributed by atoms with van der Waals surface area (Å²) in [5, 5.41) is 46.0. The van der Waals surface area contributed by atoms with Crippen LogP contribution in [0.25, 0.3) is 0 Å². The molecule has 6 fully saturated rings. The van der Waals surface area contributed by atoms with E-state index in [1.54, 1.807) is 12.2 Å². The Morgan fingerprint density at radius 3 is 2.27 bits per heavy atom. The number of ether oxygens (including phenoxy) is 9. The van der Waals surface area contributed by atoms with Gasteiger partial charge in [-0.2, -0.15) is 0 Å². The summed E-state index contributed by atoms with van der Waals surface area (Å²) in [5.74, 6) is -3.49. The number of hydrogen-bond donors (Lipinski definition) is 4. The monoisotopic (exact) mass is 1180 g/mol. The van der Waals surface area contributed by atoms with Crippen LogP contribution in [0.15, 0.2) is 60.4 Å². The van der Waals surface area contributed by atoms with E-state index in [4.69, 9.17) is 42.6 Å². The van der Waals surface area contributed by atoms with Gasteiger partial charge in [-0.05, 0) is 134 Å². The first-order chi connectivity index (χ1) is 40.4. The molecular weight excluding hydrogens is 1070 g/mol. The quantitative estimate of drug-likeness (QED) is 0.0163. The Balaban J connectivity index is 0.763. The molecule has 17 unspecified atom stereocenters. The van der Waals surface area contributed by atoms with Crippen molar-refractivity contribution in [2.75, 3.05) is 13.2 Å². The summed E-state index contributed by atoms with van der Waals surface area (Å²) in [6.07, 6.45) is 36.8. The summed E-state index contributed by atoms with van der Waals surface area (Å²) in [6.45, 7) is 17.5. The van der Waals surface area contributed by atoms with Crippen LogP contribution in [0.5, 0.6) is 0 Å². The summed E-state index contributed by atoms with van der Waals surface area (Å²) in [7, 11) is 0. The number of allylic oxidation sites excluding steroid dienone is 3. The summed E-state index contributed by atoms with van der Waals surface area (Å²) >= 11 is 0. The van der Waals surface area contributed by atoms with Crippen LogP contribution in [0.3, 0.4) is 0 Å². The highest BCUT2D eigenvalue weighted by molar-refractivity contribution is 5.79. The second-order valence-corrected chi connectivity index (χ2v) is 26.7. The van der Waals surface area contributed by atoms with E-state index in [-0.39, 0.29) is 42.5 Å². The fraction of sp³-hybridized carbons (Fsp3) is 0.826. The highest BCUT2D eigenvalue weighted by Gasteiger charge is 2.55. The van der Waals surface area contributed by atoms with Crippen molar-refractivity contribution in [2.45, 2.75) is 331 Å². The number of unbranched alkanes of at least 4 members (excludes halogenated alkanes) is 15. The molecule has 0 saturated carbocycles. The van der Waals surface area contributed by atoms with Gasteiger partial charge >= 0.3 is 11.9 Å². The fourth-order valence-electron chi connectivity index (χ4n) is 14.1. The Bertz CT molecular complexity index is 2140. The van der Waals surface area contributed by atoms with Crippen molar-refractivity contribution in [3.8, 4) is 0 Å². The van der Waals surface area contributed by atoms with Gasteiger partial charge in [-0.3, -0.25) is 4.79 Å². The topological polar surface area (TPSA) is 198 Å². The molecule has 7 aliphatic heterocycles. The van der Waals surface area contributed by atoms with Crippen molar-refractivity contribution >= 4 is 11.9 Å². The molecule has 0 amide bonds. The molecule has 4 N–H and O–H groups in total. The van der Waals surface area contributed by atoms with Gasteiger partial charge in [0.2, 0.25) is 5.79 Å². The number of fused-ring (bicyclic) bond motifs is 1. The standard InChI is InChI=1S/C69H112O15/c1-8-9-10-11-12-13-14-15-16-17-19-22-25-32-61(72)76-42-26-23-20-18-21-24-27-43-77-65(74)66(7,75)48-55-35-36-60(71)69(81-55)47-49(2)45-59(83-69)50(3)33-34-54-37-40-67(80-54)41-38-58-64(84-67)62(73)53(6)63(79-58)56(70)46-51(4)57-31-28-39-68(82-57)52(5)30-29-44-78-68/h21,24,27,33-34,43,47,50-52,54-60,62-64,70-71,73,75H,6,8-20,22-23,25-26,28-32,35-42,44-46,48H2,1-5,7H3. The second-order valence-electron chi connectivity index (χ2n) is 26.7. The molecular formula is C69H112O15. The van der Waals surface area contributed by atoms with Gasteiger partial charge in [0.05, 0.1) is 56.1 Å². The number of rotatable bonds is 32. The van der Waals surface area contributed by atoms with Crippen LogP contribution in [0, 0.1) is 17.8 Å². The van der Waals surface area contributed by atoms with E-state index >= 15 is 0 Å². The Morgan fingerprint density at radius 2 is 1.54 bits per heavy atom. The lowest BCUT2D eigenvalue weighted by Gasteiger charge is -2.50. The van der Waals surface area contributed by atoms with Crippen molar-refractivity contribution in [3.05, 3.63) is 60.4 Å². The minimum absolute atomic E-state index is 0.0346. The molecule has 17 atom stereocenters. The average Bonchev–Trinajstić information content (AvgIpc) is 1.72. The molecule has 0 aromatic heterocycles. The lowest BCUT2D eigenvalue weighted by molar-refractivity contribution is -0.326. The Labute approximate surface area is 505 Å². The van der Waals surface area contributed by atoms with E-state index in [1.807, 2.05) is 19.1 Å². The highest BCUT2D eigenvalue weighted by atomic mass is 16.7. The number of aliphatic hydroxyl groups is 4. The van der Waals surface area contributed by atoms with E-state index in [0.717, 1.165) is 89.2 Å². The minimum Gasteiger partial charge on any atom is -0.466 e. The summed E-state index contributed by atoms with van der Waals surface area (Å²) in [4.78, 5) is 25.3. The van der Waals surface area contributed by atoms with E-state index in [0.29, 0.717) is 69.5 Å². The Kier molecular flexibility index (Phi) is 27.5. The van der Waals surface area contributed by atoms with Crippen molar-refractivity contribution in [1.82, 2.24) is 0 Å². The van der Waals surface area contributed by atoms with E-state index in [2.05, 4.69) is 46.4 Å². The maximum atomic E-state index is 13.1. The number of carbonyl (C=O) groups excluding carboxylic acids is 2. The predicted molar refractivity (Wildman–Crippen MR) is 324 cm³/mol. The van der Waals surface area contributed by atoms with Crippen LogP contribution in [0.2, 0.25) is 0 Å². The van der Waals surface area contributed by atoms with Crippen molar-refractivity contribution < 1.29 is 72.6 Å². The lowest BCUT2D eigenvalue weighted by atomic mass is 9.81. The molecule has 0 aromatic rings. The van der Waals surface area contributed by atoms with Crippen LogP contribution in [0.1, 0.15) is 247 Å². The van der Waals surface area contributed by atoms with Crippen molar-refractivity contribution in [3.63, 3.8) is 0 Å². The molecule has 6 saturated heterocycles. The van der Waals surface area contributed by atoms with Gasteiger partial charge in [-0.15, -0.1) is 0 Å². The normalized spacial score (nSPS) is 34.7. The maximum absolute atomic E-state index is 13.1. The first-order valence-corrected chi connectivity index (χ1v) is 33.6. The second kappa shape index (κ2) is 33.7. The van der Waals surface area contributed by atoms with Gasteiger partial charge in [0, 0.05) is 43.9 Å². The molecule has 0 aliphatic carbocycles. The minimum atomic E-state index is -1.86. The Morgan fingerprint density at radius 1 is 0.821 bits per heavy atom. The Hall–Kier alpha value is -2.80. The SMILES string of the molecule is C=C1C(O)C2OC3(CCC(C=CC(C)C4CC(C)=CC5(OC(CC(C)(O)C(=O)OC=CC=CCCCCCOC(=O)CCCCCCCCCCCCCCC)CCC5O)O4)O3)CCC2OC1C(O)CC(C)C1CCCC2(OCCCC2C)O1. The van der Waals surface area contributed by atoms with Gasteiger partial charge in [0.1, 0.15) is 24.4 Å². The molecule has 7 aliphatic rings. The summed E-state index contributed by atoms with van der Waals surface area (Å²) in [6, 6.07) is 0. The molecule has 7 heterocycles. The summed E-state index contributed by atoms with van der Waals surface area (Å²) < 4.78 is 56.8. The zero-order chi connectivity index (χ0) is 60.2. The molecule has 0 aromatic carbocycles. The average molecular weight is 1180 g/mol. The molecule has 0 bridgehead atoms. The number of hydrogen-bond acceptors (Lipinski definition) is 15. The number of esters is 2. The van der Waals surface area contributed by atoms with Crippen LogP contribution >= 0.6 is 0 Å². The van der Waals surface area contributed by atoms with Crippen LogP contribution in [0.4, 0.5) is 0 Å². The molecule has 3 spiro atoms. The van der Waals surface area contributed by atoms with Crippen LogP contribution < -0.4 is 0 Å². The van der Waals surface area contributed by atoms with Gasteiger partial charge in [0.25, 0.3) is 0 Å². The zero-order valence-electron chi connectivity index (χ0n) is 52.6. The molecule has 84 heavy (non-hydrogen) atoms. The van der Waals surface area contributed by atoms with Crippen LogP contribution in [-0.4, -0.2) is 130 Å². The third kappa shape index (κ3) is 19.9. The first kappa shape index (κ1) is 68.7. The lowest BCUT2D eigenvalue weighted by Crippen LogP contribution is -2.60. The van der Waals surface area contributed by atoms with E-state index in [9.17, 15) is 30.0 Å². The molecule has 0 radical (unpaired) electrons. The molecule has 15 nitrogen and oxygen atoms in total. The largest absolute Gasteiger partial charge is 0.466 e. The number of aliphatic hydroxyl groups excluding tert-OH is 3. The zero-order valence-corrected chi connectivity index (χ0v) is 52.6. The van der Waals surface area contributed by atoms with Crippen molar-refractivity contribution in [1.29, 1.82) is 0 Å². The first-order valence-electron chi connectivity index (χ1n) is 33.6. The summed E-state index contributed by atoms with van der Waals surface area (Å²) in [5.41, 5.74) is -0.441. The third-order valence-electron chi connectivity index (χ3n) is 19.3. The molecule has 15 heteroatoms. The molecule has 7 rings (SSSR count).